The summed E-state index contributed by atoms with van der Waals surface area (Å²) in [4.78, 5) is 17.6. The average Bonchev–Trinajstić information content (AvgIpc) is 3.32. The van der Waals surface area contributed by atoms with Crippen molar-refractivity contribution in [3.63, 3.8) is 0 Å². The van der Waals surface area contributed by atoms with Crippen molar-refractivity contribution in [1.29, 1.82) is 0 Å². The Balaban J connectivity index is 1.27. The molecule has 8 heteroatoms. The van der Waals surface area contributed by atoms with Crippen molar-refractivity contribution in [3.05, 3.63) is 59.8 Å². The third kappa shape index (κ3) is 4.06. The van der Waals surface area contributed by atoms with Gasteiger partial charge in [-0.15, -0.1) is 0 Å². The zero-order chi connectivity index (χ0) is 23.1. The Hall–Kier alpha value is -3.41. The van der Waals surface area contributed by atoms with Crippen molar-refractivity contribution in [2.45, 2.75) is 26.0 Å². The fraction of sp³-hybridized carbons (Fsp3) is 0.400. The number of aliphatic hydroxyl groups is 1. The highest BCUT2D eigenvalue weighted by molar-refractivity contribution is 5.74. The first-order valence-electron chi connectivity index (χ1n) is 11.2. The van der Waals surface area contributed by atoms with E-state index in [0.717, 1.165) is 24.2 Å². The number of nitrogens with two attached hydrogens (primary N) is 1. The standard InChI is InChI=1S/C25H27N5O3/c1-15(31)25-27-9-10-30(25)23(12-26)22-11-24(33-28-22)18-6-3-17(4-7-18)5-8-19-20-13-29(16(2)32)14-21(19)20/h3-4,6-7,9-11,15,19-21,23,31H,12-14,26H2,1-2H3/t15-,19?,20-,21+,23+/m0/s1. The summed E-state index contributed by atoms with van der Waals surface area (Å²) in [5.41, 5.74) is 8.53. The molecule has 2 aromatic heterocycles. The number of benzene rings is 1. The van der Waals surface area contributed by atoms with Gasteiger partial charge in [0.1, 0.15) is 17.6 Å². The Kier molecular flexibility index (Phi) is 5.52. The summed E-state index contributed by atoms with van der Waals surface area (Å²) in [6.45, 7) is 5.28. The molecular formula is C25H27N5O3. The fourth-order valence-electron chi connectivity index (χ4n) is 4.75. The number of carbonyl (C=O) groups excluding carboxylic acids is 1. The molecule has 1 aliphatic carbocycles. The van der Waals surface area contributed by atoms with Gasteiger partial charge in [0.25, 0.3) is 0 Å². The van der Waals surface area contributed by atoms with Gasteiger partial charge in [0, 0.05) is 62.1 Å². The SMILES string of the molecule is CC(=O)N1C[C@@H]2C(C#Cc3ccc(-c4cc([C@@H](CN)n5ccnc5[C@H](C)O)no4)cc3)[C@@H]2C1. The molecule has 5 atom stereocenters. The summed E-state index contributed by atoms with van der Waals surface area (Å²) in [6.07, 6.45) is 2.71. The summed E-state index contributed by atoms with van der Waals surface area (Å²) in [5, 5.41) is 14.2. The highest BCUT2D eigenvalue weighted by Gasteiger charge is 2.55. The average molecular weight is 446 g/mol. The quantitative estimate of drug-likeness (QED) is 0.583. The molecule has 170 valence electrons. The maximum Gasteiger partial charge on any atom is 0.219 e. The minimum Gasteiger partial charge on any atom is -0.385 e. The zero-order valence-corrected chi connectivity index (χ0v) is 18.7. The molecule has 1 amide bonds. The van der Waals surface area contributed by atoms with Crippen molar-refractivity contribution in [1.82, 2.24) is 19.6 Å². The van der Waals surface area contributed by atoms with E-state index in [1.165, 1.54) is 0 Å². The van der Waals surface area contributed by atoms with Gasteiger partial charge in [-0.1, -0.05) is 17.0 Å². The Morgan fingerprint density at radius 2 is 2.03 bits per heavy atom. The highest BCUT2D eigenvalue weighted by Crippen LogP contribution is 2.51. The lowest BCUT2D eigenvalue weighted by Crippen LogP contribution is -2.28. The van der Waals surface area contributed by atoms with Crippen molar-refractivity contribution in [3.8, 4) is 23.2 Å². The van der Waals surface area contributed by atoms with E-state index in [-0.39, 0.29) is 11.9 Å². The van der Waals surface area contributed by atoms with Gasteiger partial charge in [-0.2, -0.15) is 0 Å². The van der Waals surface area contributed by atoms with Crippen LogP contribution in [0.15, 0.2) is 47.2 Å². The van der Waals surface area contributed by atoms with E-state index in [1.807, 2.05) is 39.8 Å². The molecule has 1 saturated heterocycles. The summed E-state index contributed by atoms with van der Waals surface area (Å²) in [5.74, 6) is 9.47. The van der Waals surface area contributed by atoms with Crippen LogP contribution >= 0.6 is 0 Å². The molecule has 2 aliphatic rings. The summed E-state index contributed by atoms with van der Waals surface area (Å²) >= 11 is 0. The number of likely N-dealkylation sites (tertiary alicyclic amines) is 1. The van der Waals surface area contributed by atoms with E-state index in [1.54, 1.807) is 26.2 Å². The Morgan fingerprint density at radius 1 is 1.30 bits per heavy atom. The monoisotopic (exact) mass is 445 g/mol. The number of piperidine rings is 1. The van der Waals surface area contributed by atoms with Crippen LogP contribution in [0.1, 0.15) is 43.1 Å². The van der Waals surface area contributed by atoms with Crippen LogP contribution in [0.4, 0.5) is 0 Å². The number of carbonyl (C=O) groups is 1. The summed E-state index contributed by atoms with van der Waals surface area (Å²) in [7, 11) is 0. The summed E-state index contributed by atoms with van der Waals surface area (Å²) in [6, 6.07) is 9.48. The second-order valence-corrected chi connectivity index (χ2v) is 8.86. The van der Waals surface area contributed by atoms with Crippen molar-refractivity contribution in [2.75, 3.05) is 19.6 Å². The van der Waals surface area contributed by atoms with Crippen LogP contribution in [-0.2, 0) is 4.79 Å². The fourth-order valence-corrected chi connectivity index (χ4v) is 4.75. The molecule has 1 saturated carbocycles. The maximum atomic E-state index is 11.5. The van der Waals surface area contributed by atoms with E-state index in [9.17, 15) is 9.90 Å². The molecule has 5 rings (SSSR count). The third-order valence-electron chi connectivity index (χ3n) is 6.69. The van der Waals surface area contributed by atoms with Crippen LogP contribution in [0.25, 0.3) is 11.3 Å². The zero-order valence-electron chi connectivity index (χ0n) is 18.7. The maximum absolute atomic E-state index is 11.5. The largest absolute Gasteiger partial charge is 0.385 e. The Morgan fingerprint density at radius 3 is 2.67 bits per heavy atom. The lowest BCUT2D eigenvalue weighted by Gasteiger charge is -2.17. The number of aliphatic hydroxyl groups excluding tert-OH is 1. The molecule has 1 aromatic carbocycles. The molecule has 3 aromatic rings. The Labute approximate surface area is 192 Å². The van der Waals surface area contributed by atoms with Crippen LogP contribution in [0.5, 0.6) is 0 Å². The number of hydrogen-bond donors (Lipinski definition) is 2. The molecular weight excluding hydrogens is 418 g/mol. The smallest absolute Gasteiger partial charge is 0.219 e. The van der Waals surface area contributed by atoms with Gasteiger partial charge in [0.15, 0.2) is 5.76 Å². The molecule has 1 aliphatic heterocycles. The van der Waals surface area contributed by atoms with Gasteiger partial charge < -0.3 is 24.8 Å². The van der Waals surface area contributed by atoms with E-state index >= 15 is 0 Å². The minimum absolute atomic E-state index is 0.159. The molecule has 0 bridgehead atoms. The molecule has 0 radical (unpaired) electrons. The van der Waals surface area contributed by atoms with E-state index in [4.69, 9.17) is 10.3 Å². The van der Waals surface area contributed by atoms with Crippen LogP contribution in [-0.4, -0.2) is 50.3 Å². The van der Waals surface area contributed by atoms with E-state index in [2.05, 4.69) is 22.0 Å². The van der Waals surface area contributed by atoms with Crippen LogP contribution < -0.4 is 5.73 Å². The molecule has 3 N–H and O–H groups in total. The number of rotatable bonds is 5. The van der Waals surface area contributed by atoms with Gasteiger partial charge in [0.05, 0.1) is 6.04 Å². The first kappa shape index (κ1) is 21.4. The first-order chi connectivity index (χ1) is 16.0. The molecule has 0 spiro atoms. The predicted molar refractivity (Wildman–Crippen MR) is 122 cm³/mol. The molecule has 3 heterocycles. The predicted octanol–water partition coefficient (Wildman–Crippen LogP) is 2.22. The van der Waals surface area contributed by atoms with Crippen LogP contribution in [0.3, 0.4) is 0 Å². The van der Waals surface area contributed by atoms with Gasteiger partial charge in [-0.05, 0) is 43.0 Å². The summed E-state index contributed by atoms with van der Waals surface area (Å²) < 4.78 is 7.42. The molecule has 2 fully saturated rings. The van der Waals surface area contributed by atoms with Gasteiger partial charge in [-0.25, -0.2) is 4.98 Å². The third-order valence-corrected chi connectivity index (χ3v) is 6.69. The molecule has 8 nitrogen and oxygen atoms in total. The van der Waals surface area contributed by atoms with Crippen LogP contribution in [0.2, 0.25) is 0 Å². The number of amides is 1. The van der Waals surface area contributed by atoms with Gasteiger partial charge in [-0.3, -0.25) is 4.79 Å². The molecule has 33 heavy (non-hydrogen) atoms. The first-order valence-corrected chi connectivity index (χ1v) is 11.2. The normalized spacial score (nSPS) is 22.9. The Bertz CT molecular complexity index is 1200. The number of hydrogen-bond acceptors (Lipinski definition) is 6. The highest BCUT2D eigenvalue weighted by atomic mass is 16.5. The second-order valence-electron chi connectivity index (χ2n) is 8.86. The van der Waals surface area contributed by atoms with Crippen LogP contribution in [0, 0.1) is 29.6 Å². The second kappa shape index (κ2) is 8.50. The van der Waals surface area contributed by atoms with E-state index in [0.29, 0.717) is 41.6 Å². The topological polar surface area (TPSA) is 110 Å². The van der Waals surface area contributed by atoms with Gasteiger partial charge in [0.2, 0.25) is 5.91 Å². The molecule has 1 unspecified atom stereocenters. The lowest BCUT2D eigenvalue weighted by molar-refractivity contribution is -0.128. The van der Waals surface area contributed by atoms with E-state index < -0.39 is 6.10 Å². The number of aromatic nitrogens is 3. The number of nitrogens with zero attached hydrogens (tertiary/aromatic N) is 4. The lowest BCUT2D eigenvalue weighted by atomic mass is 10.1. The number of fused-ring (bicyclic) bond motifs is 1. The number of imidazole rings is 1. The van der Waals surface area contributed by atoms with Gasteiger partial charge >= 0.3 is 0 Å². The minimum atomic E-state index is -0.711. The van der Waals surface area contributed by atoms with Crippen molar-refractivity contribution >= 4 is 5.91 Å². The van der Waals surface area contributed by atoms with Crippen molar-refractivity contribution < 1.29 is 14.4 Å². The van der Waals surface area contributed by atoms with Crippen molar-refractivity contribution in [2.24, 2.45) is 23.5 Å².